The van der Waals surface area contributed by atoms with Crippen LogP contribution in [0, 0.1) is 13.8 Å². The van der Waals surface area contributed by atoms with E-state index in [1.807, 2.05) is 0 Å². The number of hydrogen-bond donors (Lipinski definition) is 0. The molecule has 0 radical (unpaired) electrons. The molecule has 2 heteroatoms. The summed E-state index contributed by atoms with van der Waals surface area (Å²) < 4.78 is 0. The van der Waals surface area contributed by atoms with Gasteiger partial charge in [0.05, 0.1) is 0 Å². The van der Waals surface area contributed by atoms with Gasteiger partial charge in [0.25, 0.3) is 0 Å². The highest BCUT2D eigenvalue weighted by molar-refractivity contribution is 6.09. The lowest BCUT2D eigenvalue weighted by molar-refractivity contribution is 0.590. The molecule has 2 nitrogen and oxygen atoms in total. The summed E-state index contributed by atoms with van der Waals surface area (Å²) in [4.78, 5) is 4.83. The van der Waals surface area contributed by atoms with Gasteiger partial charge in [0.1, 0.15) is 0 Å². The predicted octanol–water partition coefficient (Wildman–Crippen LogP) is 16.3. The van der Waals surface area contributed by atoms with Gasteiger partial charge in [-0.1, -0.05) is 162 Å². The summed E-state index contributed by atoms with van der Waals surface area (Å²) in [7, 11) is 0. The van der Waals surface area contributed by atoms with Crippen LogP contribution in [0.25, 0.3) is 33.0 Å². The number of nitrogens with zero attached hydrogens (tertiary/aromatic N) is 2. The summed E-state index contributed by atoms with van der Waals surface area (Å²) >= 11 is 0. The maximum atomic E-state index is 2.41. The van der Waals surface area contributed by atoms with Crippen molar-refractivity contribution in [2.24, 2.45) is 0 Å². The minimum absolute atomic E-state index is 0.0556. The summed E-state index contributed by atoms with van der Waals surface area (Å²) in [6, 6.07) is 67.4. The Hall–Kier alpha value is -6.38. The summed E-state index contributed by atoms with van der Waals surface area (Å²) in [6.45, 7) is 17.9. The molecule has 0 fully saturated rings. The largest absolute Gasteiger partial charge is 0.310 e. The Morgan fingerprint density at radius 1 is 0.310 bits per heavy atom. The van der Waals surface area contributed by atoms with Crippen molar-refractivity contribution < 1.29 is 0 Å². The first kappa shape index (κ1) is 38.5. The molecule has 0 aliphatic heterocycles. The van der Waals surface area contributed by atoms with Crippen LogP contribution < -0.4 is 9.80 Å². The predicted molar refractivity (Wildman–Crippen MR) is 251 cm³/mol. The molecule has 0 spiro atoms. The Morgan fingerprint density at radius 2 is 0.603 bits per heavy atom. The van der Waals surface area contributed by atoms with Gasteiger partial charge in [-0.25, -0.2) is 0 Å². The molecule has 0 aliphatic carbocycles. The molecular formula is C56H54N2. The minimum Gasteiger partial charge on any atom is -0.310 e. The van der Waals surface area contributed by atoms with Gasteiger partial charge in [-0.3, -0.25) is 0 Å². The number of fused-ring (bicyclic) bond motifs is 1. The Labute approximate surface area is 346 Å². The average Bonchev–Trinajstić information content (AvgIpc) is 3.22. The van der Waals surface area contributed by atoms with E-state index in [-0.39, 0.29) is 10.8 Å². The van der Waals surface area contributed by atoms with Crippen molar-refractivity contribution in [3.63, 3.8) is 0 Å². The first-order valence-electron chi connectivity index (χ1n) is 20.5. The summed E-state index contributed by atoms with van der Waals surface area (Å²) in [6.07, 6.45) is 0. The molecule has 8 aromatic rings. The lowest BCUT2D eigenvalue weighted by Crippen LogP contribution is -2.14. The van der Waals surface area contributed by atoms with E-state index < -0.39 is 0 Å². The first-order valence-corrected chi connectivity index (χ1v) is 20.5. The maximum Gasteiger partial charge on any atom is 0.0474 e. The molecule has 8 aromatic carbocycles. The Balaban J connectivity index is 1.43. The van der Waals surface area contributed by atoms with Crippen molar-refractivity contribution in [3.05, 3.63) is 204 Å². The number of benzene rings is 8. The van der Waals surface area contributed by atoms with Crippen LogP contribution in [0.5, 0.6) is 0 Å². The van der Waals surface area contributed by atoms with Crippen LogP contribution in [0.1, 0.15) is 63.8 Å². The quantitative estimate of drug-likeness (QED) is 0.152. The van der Waals surface area contributed by atoms with Crippen LogP contribution in [-0.2, 0) is 10.8 Å². The van der Waals surface area contributed by atoms with Crippen molar-refractivity contribution in [2.45, 2.75) is 66.2 Å². The molecule has 58 heavy (non-hydrogen) atoms. The number of anilines is 6. The second-order valence-corrected chi connectivity index (χ2v) is 17.7. The van der Waals surface area contributed by atoms with Gasteiger partial charge < -0.3 is 9.80 Å². The molecule has 0 aromatic heterocycles. The first-order chi connectivity index (χ1) is 27.8. The highest BCUT2D eigenvalue weighted by Gasteiger charge is 2.23. The van der Waals surface area contributed by atoms with Crippen LogP contribution >= 0.6 is 0 Å². The molecule has 0 aliphatic rings. The van der Waals surface area contributed by atoms with Gasteiger partial charge in [0, 0.05) is 34.1 Å². The second-order valence-electron chi connectivity index (χ2n) is 17.7. The third-order valence-electron chi connectivity index (χ3n) is 11.3. The van der Waals surface area contributed by atoms with Gasteiger partial charge in [0.15, 0.2) is 0 Å². The number of rotatable bonds is 8. The van der Waals surface area contributed by atoms with E-state index in [0.717, 1.165) is 34.1 Å². The summed E-state index contributed by atoms with van der Waals surface area (Å²) in [5, 5.41) is 2.39. The van der Waals surface area contributed by atoms with E-state index in [9.17, 15) is 0 Å². The van der Waals surface area contributed by atoms with E-state index in [1.54, 1.807) is 0 Å². The lowest BCUT2D eigenvalue weighted by atomic mass is 9.87. The van der Waals surface area contributed by atoms with Crippen LogP contribution in [0.2, 0.25) is 0 Å². The topological polar surface area (TPSA) is 6.48 Å². The van der Waals surface area contributed by atoms with Crippen LogP contribution in [0.4, 0.5) is 34.1 Å². The molecule has 0 N–H and O–H groups in total. The molecule has 0 saturated carbocycles. The van der Waals surface area contributed by atoms with Crippen molar-refractivity contribution in [1.82, 2.24) is 0 Å². The maximum absolute atomic E-state index is 2.41. The van der Waals surface area contributed by atoms with Gasteiger partial charge in [-0.2, -0.15) is 0 Å². The van der Waals surface area contributed by atoms with Gasteiger partial charge in [0.2, 0.25) is 0 Å². The van der Waals surface area contributed by atoms with E-state index in [0.29, 0.717) is 0 Å². The Bertz CT molecular complexity index is 2450. The SMILES string of the molecule is Cc1ccc(N(c2ccc(C(C)(C)C)cc2)c2cc(-c3ccccc3)c3cc(N(c4ccc(C)cc4)c4ccc(C(C)(C)C)cc4)cc(-c4ccccc4)c3c2)cc1. The molecular weight excluding hydrogens is 701 g/mol. The fourth-order valence-electron chi connectivity index (χ4n) is 7.91. The van der Waals surface area contributed by atoms with Gasteiger partial charge >= 0.3 is 0 Å². The van der Waals surface area contributed by atoms with Crippen LogP contribution in [0.3, 0.4) is 0 Å². The zero-order chi connectivity index (χ0) is 40.6. The molecule has 0 amide bonds. The second kappa shape index (κ2) is 15.5. The van der Waals surface area contributed by atoms with Crippen molar-refractivity contribution in [1.29, 1.82) is 0 Å². The van der Waals surface area contributed by atoms with E-state index in [1.165, 1.54) is 55.3 Å². The third-order valence-corrected chi connectivity index (χ3v) is 11.3. The lowest BCUT2D eigenvalue weighted by Gasteiger charge is -2.30. The molecule has 0 saturated heterocycles. The summed E-state index contributed by atoms with van der Waals surface area (Å²) in [5.74, 6) is 0. The van der Waals surface area contributed by atoms with E-state index >= 15 is 0 Å². The highest BCUT2D eigenvalue weighted by atomic mass is 15.1. The molecule has 0 bridgehead atoms. The normalized spacial score (nSPS) is 11.8. The Kier molecular flexibility index (Phi) is 10.3. The average molecular weight is 755 g/mol. The molecule has 8 rings (SSSR count). The standard InChI is InChI=1S/C56H54N2/c1-39-19-27-45(28-20-39)57(47-31-23-43(24-32-47)55(3,4)5)49-35-51(41-15-11-9-12-16-41)54-38-50(36-52(53(54)37-49)42-17-13-10-14-18-42)58(46-29-21-40(2)22-30-46)48-33-25-44(26-34-48)56(6,7)8/h9-38H,1-8H3. The van der Waals surface area contributed by atoms with Crippen LogP contribution in [0.15, 0.2) is 182 Å². The molecule has 0 atom stereocenters. The zero-order valence-corrected chi connectivity index (χ0v) is 35.2. The van der Waals surface area contributed by atoms with Crippen molar-refractivity contribution in [2.75, 3.05) is 9.80 Å². The van der Waals surface area contributed by atoms with E-state index in [4.69, 9.17) is 0 Å². The van der Waals surface area contributed by atoms with E-state index in [2.05, 4.69) is 247 Å². The fraction of sp³-hybridized carbons (Fsp3) is 0.179. The number of aryl methyl sites for hydroxylation is 2. The smallest absolute Gasteiger partial charge is 0.0474 e. The van der Waals surface area contributed by atoms with Gasteiger partial charge in [-0.15, -0.1) is 0 Å². The summed E-state index contributed by atoms with van der Waals surface area (Å²) in [5.41, 5.74) is 16.6. The molecule has 288 valence electrons. The molecule has 0 heterocycles. The third kappa shape index (κ3) is 7.93. The minimum atomic E-state index is 0.0556. The molecule has 0 unspecified atom stereocenters. The van der Waals surface area contributed by atoms with Gasteiger partial charge in [-0.05, 0) is 142 Å². The Morgan fingerprint density at radius 3 is 0.897 bits per heavy atom. The van der Waals surface area contributed by atoms with Crippen molar-refractivity contribution >= 4 is 44.9 Å². The number of hydrogen-bond acceptors (Lipinski definition) is 2. The zero-order valence-electron chi connectivity index (χ0n) is 35.2. The van der Waals surface area contributed by atoms with Crippen LogP contribution in [-0.4, -0.2) is 0 Å². The fourth-order valence-corrected chi connectivity index (χ4v) is 7.91. The van der Waals surface area contributed by atoms with Crippen molar-refractivity contribution in [3.8, 4) is 22.3 Å². The monoisotopic (exact) mass is 754 g/mol. The highest BCUT2D eigenvalue weighted by Crippen LogP contribution is 2.47.